The molecule has 0 fully saturated rings. The molecule has 0 bridgehead atoms. The van der Waals surface area contributed by atoms with Gasteiger partial charge in [0.25, 0.3) is 11.8 Å². The number of hydrogen-bond donors (Lipinski definition) is 1. The zero-order chi connectivity index (χ0) is 17.9. The Kier molecular flexibility index (Phi) is 5.72. The van der Waals surface area contributed by atoms with Crippen LogP contribution in [-0.4, -0.2) is 35.9 Å². The Morgan fingerprint density at radius 2 is 1.62 bits per heavy atom. The van der Waals surface area contributed by atoms with E-state index in [0.717, 1.165) is 5.06 Å². The number of hydroxylamine groups is 2. The largest absolute Gasteiger partial charge is 0.356 e. The Bertz CT molecular complexity index is 605. The summed E-state index contributed by atoms with van der Waals surface area (Å²) in [6.07, 6.45) is 0. The quantitative estimate of drug-likeness (QED) is 0.777. The highest BCUT2D eigenvalue weighted by Gasteiger charge is 2.37. The van der Waals surface area contributed by atoms with Gasteiger partial charge in [-0.05, 0) is 24.0 Å². The second-order valence-electron chi connectivity index (χ2n) is 6.74. The van der Waals surface area contributed by atoms with Crippen molar-refractivity contribution in [1.82, 2.24) is 10.4 Å². The van der Waals surface area contributed by atoms with Gasteiger partial charge in [0.1, 0.15) is 0 Å². The van der Waals surface area contributed by atoms with Crippen molar-refractivity contribution in [2.24, 2.45) is 17.8 Å². The third-order valence-electron chi connectivity index (χ3n) is 3.97. The Morgan fingerprint density at radius 1 is 1.08 bits per heavy atom. The minimum Gasteiger partial charge on any atom is -0.356 e. The number of benzene rings is 1. The van der Waals surface area contributed by atoms with Gasteiger partial charge in [0.2, 0.25) is 5.91 Å². The highest BCUT2D eigenvalue weighted by molar-refractivity contribution is 6.20. The molecule has 1 aromatic carbocycles. The van der Waals surface area contributed by atoms with Crippen molar-refractivity contribution in [3.63, 3.8) is 0 Å². The lowest BCUT2D eigenvalue weighted by Crippen LogP contribution is -2.40. The Labute approximate surface area is 142 Å². The molecule has 6 heteroatoms. The maximum absolute atomic E-state index is 12.3. The third kappa shape index (κ3) is 3.82. The lowest BCUT2D eigenvalue weighted by molar-refractivity contribution is -0.139. The molecule has 1 aliphatic heterocycles. The summed E-state index contributed by atoms with van der Waals surface area (Å²) in [6, 6.07) is 6.58. The average Bonchev–Trinajstić information content (AvgIpc) is 2.78. The van der Waals surface area contributed by atoms with Crippen LogP contribution in [0.1, 0.15) is 48.4 Å². The van der Waals surface area contributed by atoms with Crippen molar-refractivity contribution in [3.05, 3.63) is 35.4 Å². The van der Waals surface area contributed by atoms with Gasteiger partial charge in [0.05, 0.1) is 23.7 Å². The first-order valence-electron chi connectivity index (χ1n) is 8.21. The first-order valence-corrected chi connectivity index (χ1v) is 8.21. The van der Waals surface area contributed by atoms with E-state index in [9.17, 15) is 14.4 Å². The van der Waals surface area contributed by atoms with Gasteiger partial charge in [-0.25, -0.2) is 0 Å². The first-order chi connectivity index (χ1) is 11.3. The number of imide groups is 1. The number of amides is 3. The number of carbonyl (C=O) groups excluding carboxylic acids is 3. The molecule has 2 rings (SSSR count). The molecule has 6 nitrogen and oxygen atoms in total. The van der Waals surface area contributed by atoms with Crippen LogP contribution in [0.3, 0.4) is 0 Å². The fraction of sp³-hybridized carbons (Fsp3) is 0.500. The van der Waals surface area contributed by atoms with Gasteiger partial charge in [-0.2, -0.15) is 0 Å². The molecule has 130 valence electrons. The first kappa shape index (κ1) is 18.1. The molecule has 0 saturated heterocycles. The second kappa shape index (κ2) is 7.57. The summed E-state index contributed by atoms with van der Waals surface area (Å²) in [6.45, 7) is 8.40. The molecule has 0 aliphatic carbocycles. The zero-order valence-electron chi connectivity index (χ0n) is 14.5. The van der Waals surface area contributed by atoms with E-state index in [2.05, 4.69) is 5.32 Å². The van der Waals surface area contributed by atoms with Crippen molar-refractivity contribution < 1.29 is 19.2 Å². The van der Waals surface area contributed by atoms with E-state index in [4.69, 9.17) is 4.84 Å². The van der Waals surface area contributed by atoms with Crippen LogP contribution in [0.4, 0.5) is 0 Å². The predicted octanol–water partition coefficient (Wildman–Crippen LogP) is 2.26. The zero-order valence-corrected chi connectivity index (χ0v) is 14.5. The summed E-state index contributed by atoms with van der Waals surface area (Å²) in [5.74, 6) is -1.17. The van der Waals surface area contributed by atoms with Gasteiger partial charge >= 0.3 is 0 Å². The third-order valence-corrected chi connectivity index (χ3v) is 3.97. The molecule has 1 N–H and O–H groups in total. The fourth-order valence-electron chi connectivity index (χ4n) is 2.45. The van der Waals surface area contributed by atoms with Crippen LogP contribution in [-0.2, 0) is 9.63 Å². The van der Waals surface area contributed by atoms with Gasteiger partial charge in [-0.1, -0.05) is 39.8 Å². The van der Waals surface area contributed by atoms with Crippen LogP contribution < -0.4 is 5.32 Å². The maximum atomic E-state index is 12.3. The van der Waals surface area contributed by atoms with E-state index in [1.165, 1.54) is 0 Å². The highest BCUT2D eigenvalue weighted by atomic mass is 16.7. The van der Waals surface area contributed by atoms with Crippen molar-refractivity contribution in [2.75, 3.05) is 13.2 Å². The van der Waals surface area contributed by atoms with Crippen molar-refractivity contribution in [2.45, 2.75) is 27.7 Å². The molecular weight excluding hydrogens is 308 g/mol. The molecule has 0 spiro atoms. The Hall–Kier alpha value is -2.21. The minimum absolute atomic E-state index is 0.0207. The number of carbonyl (C=O) groups is 3. The number of fused-ring (bicyclic) bond motifs is 1. The fourth-order valence-corrected chi connectivity index (χ4v) is 2.45. The molecule has 1 aliphatic rings. The summed E-state index contributed by atoms with van der Waals surface area (Å²) in [7, 11) is 0. The molecule has 1 atom stereocenters. The van der Waals surface area contributed by atoms with E-state index in [0.29, 0.717) is 23.6 Å². The van der Waals surface area contributed by atoms with Crippen LogP contribution in [0, 0.1) is 17.8 Å². The Morgan fingerprint density at radius 3 is 2.08 bits per heavy atom. The molecule has 24 heavy (non-hydrogen) atoms. The molecule has 3 amide bonds. The highest BCUT2D eigenvalue weighted by Crippen LogP contribution is 2.23. The molecular formula is C18H24N2O4. The maximum Gasteiger partial charge on any atom is 0.285 e. The predicted molar refractivity (Wildman–Crippen MR) is 89.1 cm³/mol. The van der Waals surface area contributed by atoms with Crippen LogP contribution in [0.25, 0.3) is 0 Å². The van der Waals surface area contributed by atoms with E-state index in [-0.39, 0.29) is 18.4 Å². The topological polar surface area (TPSA) is 75.7 Å². The SMILES string of the molecule is CC(C)CNC(=O)[C@H](CON1C(=O)c2ccccc2C1=O)C(C)C. The summed E-state index contributed by atoms with van der Waals surface area (Å²) in [4.78, 5) is 42.2. The number of hydrogen-bond acceptors (Lipinski definition) is 4. The Balaban J connectivity index is 2.02. The molecule has 0 saturated carbocycles. The van der Waals surface area contributed by atoms with Crippen LogP contribution >= 0.6 is 0 Å². The van der Waals surface area contributed by atoms with E-state index in [1.54, 1.807) is 24.3 Å². The second-order valence-corrected chi connectivity index (χ2v) is 6.74. The summed E-state index contributed by atoms with van der Waals surface area (Å²) in [5, 5.41) is 3.63. The molecule has 0 aromatic heterocycles. The van der Waals surface area contributed by atoms with Crippen molar-refractivity contribution in [1.29, 1.82) is 0 Å². The van der Waals surface area contributed by atoms with E-state index < -0.39 is 17.7 Å². The molecule has 0 unspecified atom stereocenters. The van der Waals surface area contributed by atoms with Crippen LogP contribution in [0.2, 0.25) is 0 Å². The lowest BCUT2D eigenvalue weighted by Gasteiger charge is -2.23. The number of rotatable bonds is 7. The standard InChI is InChI=1S/C18H24N2O4/c1-11(2)9-19-16(21)15(12(3)4)10-24-20-17(22)13-7-5-6-8-14(13)18(20)23/h5-8,11-12,15H,9-10H2,1-4H3,(H,19,21)/t15-/m1/s1. The summed E-state index contributed by atoms with van der Waals surface area (Å²) < 4.78 is 0. The van der Waals surface area contributed by atoms with E-state index >= 15 is 0 Å². The average molecular weight is 332 g/mol. The van der Waals surface area contributed by atoms with E-state index in [1.807, 2.05) is 27.7 Å². The minimum atomic E-state index is -0.485. The van der Waals surface area contributed by atoms with Crippen LogP contribution in [0.5, 0.6) is 0 Å². The molecule has 0 radical (unpaired) electrons. The summed E-state index contributed by atoms with van der Waals surface area (Å²) >= 11 is 0. The number of nitrogens with zero attached hydrogens (tertiary/aromatic N) is 1. The van der Waals surface area contributed by atoms with Gasteiger partial charge in [0.15, 0.2) is 0 Å². The van der Waals surface area contributed by atoms with Gasteiger partial charge in [0, 0.05) is 6.54 Å². The van der Waals surface area contributed by atoms with Crippen molar-refractivity contribution >= 4 is 17.7 Å². The summed E-state index contributed by atoms with van der Waals surface area (Å²) in [5.41, 5.74) is 0.653. The van der Waals surface area contributed by atoms with Crippen LogP contribution in [0.15, 0.2) is 24.3 Å². The van der Waals surface area contributed by atoms with Gasteiger partial charge in [-0.15, -0.1) is 5.06 Å². The molecule has 1 aromatic rings. The number of nitrogens with one attached hydrogen (secondary N) is 1. The normalized spacial score (nSPS) is 15.2. The lowest BCUT2D eigenvalue weighted by atomic mass is 9.96. The van der Waals surface area contributed by atoms with Gasteiger partial charge in [-0.3, -0.25) is 19.2 Å². The van der Waals surface area contributed by atoms with Gasteiger partial charge < -0.3 is 5.32 Å². The monoisotopic (exact) mass is 332 g/mol. The molecule has 1 heterocycles. The van der Waals surface area contributed by atoms with Crippen molar-refractivity contribution in [3.8, 4) is 0 Å². The smallest absolute Gasteiger partial charge is 0.285 e.